The Labute approximate surface area is 119 Å². The molecule has 0 bridgehead atoms. The van der Waals surface area contributed by atoms with Gasteiger partial charge in [0.1, 0.15) is 0 Å². The zero-order valence-corrected chi connectivity index (χ0v) is 12.8. The molecule has 3 nitrogen and oxygen atoms in total. The molecule has 1 atom stereocenters. The Bertz CT molecular complexity index is 497. The van der Waals surface area contributed by atoms with Gasteiger partial charge in [-0.15, -0.1) is 5.10 Å². The van der Waals surface area contributed by atoms with Crippen molar-refractivity contribution in [3.05, 3.63) is 46.5 Å². The second-order valence-electron chi connectivity index (χ2n) is 5.82. The van der Waals surface area contributed by atoms with Gasteiger partial charge in [0.2, 0.25) is 0 Å². The third-order valence-electron chi connectivity index (χ3n) is 3.34. The Kier molecular flexibility index (Phi) is 4.32. The van der Waals surface area contributed by atoms with Crippen LogP contribution in [0.15, 0.2) is 29.6 Å². The molecule has 2 rings (SSSR count). The molecule has 1 heterocycles. The van der Waals surface area contributed by atoms with Crippen LogP contribution in [0.25, 0.3) is 0 Å². The first-order valence-electron chi connectivity index (χ1n) is 6.54. The Balaban J connectivity index is 2.11. The van der Waals surface area contributed by atoms with Gasteiger partial charge in [0.15, 0.2) is 0 Å². The summed E-state index contributed by atoms with van der Waals surface area (Å²) >= 11 is 1.40. The van der Waals surface area contributed by atoms with Crippen LogP contribution in [0.3, 0.4) is 0 Å². The van der Waals surface area contributed by atoms with Gasteiger partial charge in [0.25, 0.3) is 0 Å². The summed E-state index contributed by atoms with van der Waals surface area (Å²) in [6.07, 6.45) is 0.937. The number of hydrogen-bond donors (Lipinski definition) is 1. The molecule has 4 heteroatoms. The van der Waals surface area contributed by atoms with Crippen molar-refractivity contribution in [3.8, 4) is 0 Å². The number of aromatic nitrogens is 2. The number of nitrogens with one attached hydrogen (secondary N) is 1. The maximum Gasteiger partial charge on any atom is 0.0928 e. The lowest BCUT2D eigenvalue weighted by atomic mass is 9.86. The summed E-state index contributed by atoms with van der Waals surface area (Å²) in [5, 5.41) is 9.45. The average Bonchev–Trinajstić information content (AvgIpc) is 2.89. The zero-order chi connectivity index (χ0) is 13.9. The molecule has 1 aromatic carbocycles. The number of benzene rings is 1. The fourth-order valence-corrected chi connectivity index (χ4v) is 2.56. The first-order chi connectivity index (χ1) is 9.00. The summed E-state index contributed by atoms with van der Waals surface area (Å²) in [6.45, 7) is 6.71. The molecule has 0 saturated carbocycles. The van der Waals surface area contributed by atoms with Gasteiger partial charge in [-0.1, -0.05) is 49.5 Å². The van der Waals surface area contributed by atoms with Crippen molar-refractivity contribution in [2.45, 2.75) is 38.6 Å². The molecular weight excluding hydrogens is 254 g/mol. The lowest BCUT2D eigenvalue weighted by Crippen LogP contribution is -2.19. The molecule has 0 aliphatic carbocycles. The van der Waals surface area contributed by atoms with Crippen molar-refractivity contribution in [2.75, 3.05) is 7.05 Å². The fourth-order valence-electron chi connectivity index (χ4n) is 2.05. The molecule has 0 aliphatic rings. The molecule has 0 fully saturated rings. The van der Waals surface area contributed by atoms with Gasteiger partial charge in [-0.05, 0) is 41.5 Å². The second kappa shape index (κ2) is 5.80. The van der Waals surface area contributed by atoms with E-state index in [1.807, 2.05) is 12.4 Å². The third kappa shape index (κ3) is 3.61. The van der Waals surface area contributed by atoms with Gasteiger partial charge >= 0.3 is 0 Å². The Morgan fingerprint density at radius 1 is 1.21 bits per heavy atom. The van der Waals surface area contributed by atoms with Crippen LogP contribution >= 0.6 is 11.5 Å². The second-order valence-corrected chi connectivity index (χ2v) is 6.43. The number of nitrogens with zero attached hydrogens (tertiary/aromatic N) is 2. The van der Waals surface area contributed by atoms with E-state index in [1.54, 1.807) is 0 Å². The smallest absolute Gasteiger partial charge is 0.0928 e. The van der Waals surface area contributed by atoms with E-state index in [2.05, 4.69) is 59.9 Å². The maximum absolute atomic E-state index is 4.15. The Morgan fingerprint density at radius 3 is 2.37 bits per heavy atom. The molecule has 0 spiro atoms. The molecular formula is C15H21N3S. The van der Waals surface area contributed by atoms with Gasteiger partial charge in [0, 0.05) is 5.38 Å². The third-order valence-corrected chi connectivity index (χ3v) is 3.86. The molecule has 1 aromatic heterocycles. The lowest BCUT2D eigenvalue weighted by Gasteiger charge is -2.20. The van der Waals surface area contributed by atoms with E-state index in [4.69, 9.17) is 0 Å². The topological polar surface area (TPSA) is 37.8 Å². The van der Waals surface area contributed by atoms with E-state index < -0.39 is 0 Å². The van der Waals surface area contributed by atoms with Gasteiger partial charge < -0.3 is 5.32 Å². The van der Waals surface area contributed by atoms with E-state index in [0.717, 1.165) is 12.1 Å². The van der Waals surface area contributed by atoms with Crippen molar-refractivity contribution in [2.24, 2.45) is 0 Å². The zero-order valence-electron chi connectivity index (χ0n) is 12.0. The average molecular weight is 275 g/mol. The number of likely N-dealkylation sites (N-methyl/N-ethyl adjacent to an activating group) is 1. The molecule has 1 N–H and O–H groups in total. The van der Waals surface area contributed by atoms with E-state index in [9.17, 15) is 0 Å². The largest absolute Gasteiger partial charge is 0.311 e. The molecule has 0 saturated heterocycles. The summed E-state index contributed by atoms with van der Waals surface area (Å²) in [7, 11) is 1.97. The highest BCUT2D eigenvalue weighted by atomic mass is 32.1. The predicted molar refractivity (Wildman–Crippen MR) is 80.6 cm³/mol. The molecule has 0 radical (unpaired) electrons. The van der Waals surface area contributed by atoms with Crippen LogP contribution in [0.1, 0.15) is 43.6 Å². The monoisotopic (exact) mass is 275 g/mol. The van der Waals surface area contributed by atoms with Gasteiger partial charge in [-0.3, -0.25) is 0 Å². The van der Waals surface area contributed by atoms with E-state index in [1.165, 1.54) is 22.7 Å². The summed E-state index contributed by atoms with van der Waals surface area (Å²) in [5.41, 5.74) is 3.92. The summed E-state index contributed by atoms with van der Waals surface area (Å²) in [4.78, 5) is 0. The van der Waals surface area contributed by atoms with Crippen LogP contribution in [0.2, 0.25) is 0 Å². The van der Waals surface area contributed by atoms with Crippen molar-refractivity contribution < 1.29 is 0 Å². The standard InChI is InChI=1S/C15H21N3S/c1-15(2,3)12-7-5-11(6-8-12)9-13(16-4)14-10-19-18-17-14/h5-8,10,13,16H,9H2,1-4H3. The van der Waals surface area contributed by atoms with Gasteiger partial charge in [-0.2, -0.15) is 0 Å². The van der Waals surface area contributed by atoms with E-state index in [0.29, 0.717) is 0 Å². The SMILES string of the molecule is CNC(Cc1ccc(C(C)(C)C)cc1)c1csnn1. The molecule has 19 heavy (non-hydrogen) atoms. The van der Waals surface area contributed by atoms with E-state index >= 15 is 0 Å². The molecule has 2 aromatic rings. The molecule has 0 amide bonds. The highest BCUT2D eigenvalue weighted by Crippen LogP contribution is 2.24. The van der Waals surface area contributed by atoms with Gasteiger partial charge in [0.05, 0.1) is 11.7 Å². The minimum atomic E-state index is 0.208. The van der Waals surface area contributed by atoms with Crippen molar-refractivity contribution >= 4 is 11.5 Å². The first kappa shape index (κ1) is 14.2. The highest BCUT2D eigenvalue weighted by molar-refractivity contribution is 7.03. The van der Waals surface area contributed by atoms with Gasteiger partial charge in [-0.25, -0.2) is 0 Å². The van der Waals surface area contributed by atoms with Crippen LogP contribution in [-0.4, -0.2) is 16.6 Å². The van der Waals surface area contributed by atoms with Crippen molar-refractivity contribution in [1.82, 2.24) is 14.9 Å². The Morgan fingerprint density at radius 2 is 1.89 bits per heavy atom. The normalized spacial score (nSPS) is 13.5. The van der Waals surface area contributed by atoms with Crippen molar-refractivity contribution in [1.29, 1.82) is 0 Å². The van der Waals surface area contributed by atoms with E-state index in [-0.39, 0.29) is 11.5 Å². The Hall–Kier alpha value is -1.26. The number of hydrogen-bond acceptors (Lipinski definition) is 4. The van der Waals surface area contributed by atoms with Crippen LogP contribution in [0.4, 0.5) is 0 Å². The highest BCUT2D eigenvalue weighted by Gasteiger charge is 2.15. The molecule has 0 aliphatic heterocycles. The van der Waals surface area contributed by atoms with Crippen LogP contribution in [0.5, 0.6) is 0 Å². The summed E-state index contributed by atoms with van der Waals surface area (Å²) in [6, 6.07) is 9.11. The van der Waals surface area contributed by atoms with Crippen molar-refractivity contribution in [3.63, 3.8) is 0 Å². The summed E-state index contributed by atoms with van der Waals surface area (Å²) in [5.74, 6) is 0. The predicted octanol–water partition coefficient (Wildman–Crippen LogP) is 3.34. The minimum Gasteiger partial charge on any atom is -0.311 e. The van der Waals surface area contributed by atoms with Crippen LogP contribution in [-0.2, 0) is 11.8 Å². The van der Waals surface area contributed by atoms with Crippen LogP contribution in [0, 0.1) is 0 Å². The molecule has 102 valence electrons. The number of rotatable bonds is 4. The maximum atomic E-state index is 4.15. The first-order valence-corrected chi connectivity index (χ1v) is 7.38. The fraction of sp³-hybridized carbons (Fsp3) is 0.467. The van der Waals surface area contributed by atoms with Crippen LogP contribution < -0.4 is 5.32 Å². The lowest BCUT2D eigenvalue weighted by molar-refractivity contribution is 0.571. The quantitative estimate of drug-likeness (QED) is 0.930. The summed E-state index contributed by atoms with van der Waals surface area (Å²) < 4.78 is 3.93. The minimum absolute atomic E-state index is 0.208. The molecule has 1 unspecified atom stereocenters.